The van der Waals surface area contributed by atoms with Crippen molar-refractivity contribution < 1.29 is 17.9 Å². The second-order valence-corrected chi connectivity index (χ2v) is 8.98. The molecule has 3 aromatic rings. The van der Waals surface area contributed by atoms with Crippen molar-refractivity contribution in [2.24, 2.45) is 4.99 Å². The second-order valence-electron chi connectivity index (χ2n) is 7.04. The maximum absolute atomic E-state index is 12.9. The fraction of sp³-hybridized carbons (Fsp3) is 0.167. The van der Waals surface area contributed by atoms with E-state index in [0.29, 0.717) is 37.6 Å². The Balaban J connectivity index is 1.63. The van der Waals surface area contributed by atoms with E-state index >= 15 is 0 Å². The van der Waals surface area contributed by atoms with E-state index in [2.05, 4.69) is 4.99 Å². The molecule has 0 aliphatic carbocycles. The molecule has 1 heterocycles. The molecule has 7 heteroatoms. The SMILES string of the molecule is O=C(N=C(c1ccccc1)c1ccccc1)c1ccc(S(=O)(=O)N2CCOCC2)cc1. The van der Waals surface area contributed by atoms with E-state index in [1.165, 1.54) is 28.6 Å². The molecular formula is C24H22N2O4S. The molecule has 158 valence electrons. The zero-order chi connectivity index (χ0) is 21.7. The molecule has 4 rings (SSSR count). The van der Waals surface area contributed by atoms with E-state index in [-0.39, 0.29) is 4.90 Å². The Hall–Kier alpha value is -3.13. The summed E-state index contributed by atoms with van der Waals surface area (Å²) >= 11 is 0. The highest BCUT2D eigenvalue weighted by molar-refractivity contribution is 7.89. The van der Waals surface area contributed by atoms with E-state index in [0.717, 1.165) is 11.1 Å². The molecule has 3 aromatic carbocycles. The van der Waals surface area contributed by atoms with Gasteiger partial charge in [0.05, 0.1) is 23.8 Å². The normalized spacial score (nSPS) is 14.7. The Labute approximate surface area is 181 Å². The van der Waals surface area contributed by atoms with Crippen LogP contribution in [0, 0.1) is 0 Å². The second kappa shape index (κ2) is 9.34. The lowest BCUT2D eigenvalue weighted by Crippen LogP contribution is -2.40. The van der Waals surface area contributed by atoms with Crippen LogP contribution in [0.25, 0.3) is 0 Å². The average molecular weight is 435 g/mol. The highest BCUT2D eigenvalue weighted by Gasteiger charge is 2.26. The first-order chi connectivity index (χ1) is 15.1. The Bertz CT molecular complexity index is 1130. The van der Waals surface area contributed by atoms with Crippen LogP contribution in [0.15, 0.2) is 94.8 Å². The quantitative estimate of drug-likeness (QED) is 0.577. The largest absolute Gasteiger partial charge is 0.379 e. The molecule has 0 bridgehead atoms. The molecule has 31 heavy (non-hydrogen) atoms. The Morgan fingerprint density at radius 1 is 0.742 bits per heavy atom. The smallest absolute Gasteiger partial charge is 0.277 e. The van der Waals surface area contributed by atoms with Crippen LogP contribution in [0.3, 0.4) is 0 Å². The number of carbonyl (C=O) groups is 1. The van der Waals surface area contributed by atoms with Crippen molar-refractivity contribution >= 4 is 21.6 Å². The Morgan fingerprint density at radius 3 is 1.77 bits per heavy atom. The van der Waals surface area contributed by atoms with Gasteiger partial charge in [0.2, 0.25) is 10.0 Å². The summed E-state index contributed by atoms with van der Waals surface area (Å²) in [5.41, 5.74) is 2.55. The predicted octanol–water partition coefficient (Wildman–Crippen LogP) is 3.39. The summed E-state index contributed by atoms with van der Waals surface area (Å²) in [5.74, 6) is -0.432. The number of hydrogen-bond acceptors (Lipinski definition) is 4. The fourth-order valence-corrected chi connectivity index (χ4v) is 4.77. The van der Waals surface area contributed by atoms with Crippen molar-refractivity contribution in [1.29, 1.82) is 0 Å². The van der Waals surface area contributed by atoms with Gasteiger partial charge in [-0.25, -0.2) is 13.4 Å². The number of rotatable bonds is 5. The van der Waals surface area contributed by atoms with Crippen molar-refractivity contribution in [3.05, 3.63) is 102 Å². The summed E-state index contributed by atoms with van der Waals surface area (Å²) in [6, 6.07) is 24.9. The summed E-state index contributed by atoms with van der Waals surface area (Å²) in [6.45, 7) is 1.41. The van der Waals surface area contributed by atoms with Crippen molar-refractivity contribution in [2.75, 3.05) is 26.3 Å². The lowest BCUT2D eigenvalue weighted by molar-refractivity contribution is 0.0730. The number of ether oxygens (including phenoxy) is 1. The van der Waals surface area contributed by atoms with Crippen molar-refractivity contribution in [3.8, 4) is 0 Å². The number of sulfonamides is 1. The zero-order valence-electron chi connectivity index (χ0n) is 16.8. The molecule has 1 amide bonds. The van der Waals surface area contributed by atoms with E-state index in [9.17, 15) is 13.2 Å². The number of benzene rings is 3. The van der Waals surface area contributed by atoms with E-state index in [1.807, 2.05) is 60.7 Å². The van der Waals surface area contributed by atoms with Gasteiger partial charge >= 0.3 is 0 Å². The molecule has 0 unspecified atom stereocenters. The molecule has 6 nitrogen and oxygen atoms in total. The third kappa shape index (κ3) is 4.80. The van der Waals surface area contributed by atoms with Crippen LogP contribution in [0.1, 0.15) is 21.5 Å². The molecule has 1 saturated heterocycles. The van der Waals surface area contributed by atoms with Gasteiger partial charge in [-0.05, 0) is 24.3 Å². The number of carbonyl (C=O) groups excluding carboxylic acids is 1. The van der Waals surface area contributed by atoms with E-state index in [4.69, 9.17) is 4.74 Å². The van der Waals surface area contributed by atoms with Gasteiger partial charge in [-0.15, -0.1) is 0 Å². The van der Waals surface area contributed by atoms with Crippen molar-refractivity contribution in [2.45, 2.75) is 4.90 Å². The average Bonchev–Trinajstić information content (AvgIpc) is 2.84. The minimum absolute atomic E-state index is 0.154. The predicted molar refractivity (Wildman–Crippen MR) is 119 cm³/mol. The number of morpholine rings is 1. The monoisotopic (exact) mass is 434 g/mol. The van der Waals surface area contributed by atoms with Crippen molar-refractivity contribution in [1.82, 2.24) is 4.31 Å². The molecule has 1 aliphatic rings. The van der Waals surface area contributed by atoms with Crippen LogP contribution in [-0.4, -0.2) is 50.6 Å². The molecular weight excluding hydrogens is 412 g/mol. The van der Waals surface area contributed by atoms with Crippen LogP contribution < -0.4 is 0 Å². The molecule has 1 aliphatic heterocycles. The minimum Gasteiger partial charge on any atom is -0.379 e. The van der Waals surface area contributed by atoms with Gasteiger partial charge < -0.3 is 4.74 Å². The lowest BCUT2D eigenvalue weighted by Gasteiger charge is -2.26. The Kier molecular flexibility index (Phi) is 6.36. The van der Waals surface area contributed by atoms with Gasteiger partial charge in [0.25, 0.3) is 5.91 Å². The molecule has 1 fully saturated rings. The van der Waals surface area contributed by atoms with Crippen LogP contribution in [0.4, 0.5) is 0 Å². The van der Waals surface area contributed by atoms with Gasteiger partial charge in [0, 0.05) is 29.8 Å². The fourth-order valence-electron chi connectivity index (χ4n) is 3.36. The highest BCUT2D eigenvalue weighted by atomic mass is 32.2. The third-order valence-corrected chi connectivity index (χ3v) is 6.93. The lowest BCUT2D eigenvalue weighted by atomic mass is 10.0. The summed E-state index contributed by atoms with van der Waals surface area (Å²) < 4.78 is 32.2. The van der Waals surface area contributed by atoms with E-state index in [1.54, 1.807) is 0 Å². The summed E-state index contributed by atoms with van der Waals surface area (Å²) in [7, 11) is -3.61. The highest BCUT2D eigenvalue weighted by Crippen LogP contribution is 2.19. The summed E-state index contributed by atoms with van der Waals surface area (Å²) in [6.07, 6.45) is 0. The zero-order valence-corrected chi connectivity index (χ0v) is 17.7. The van der Waals surface area contributed by atoms with Gasteiger partial charge in [-0.1, -0.05) is 60.7 Å². The molecule has 0 aromatic heterocycles. The minimum atomic E-state index is -3.61. The number of nitrogens with zero attached hydrogens (tertiary/aromatic N) is 2. The molecule has 0 atom stereocenters. The first kappa shape index (κ1) is 21.1. The molecule has 0 spiro atoms. The third-order valence-electron chi connectivity index (χ3n) is 5.02. The van der Waals surface area contributed by atoms with Crippen LogP contribution in [0.5, 0.6) is 0 Å². The van der Waals surface area contributed by atoms with Gasteiger partial charge in [0.1, 0.15) is 0 Å². The van der Waals surface area contributed by atoms with Crippen molar-refractivity contribution in [3.63, 3.8) is 0 Å². The van der Waals surface area contributed by atoms with Gasteiger partial charge in [-0.3, -0.25) is 4.79 Å². The summed E-state index contributed by atoms with van der Waals surface area (Å²) in [4.78, 5) is 17.4. The van der Waals surface area contributed by atoms with Crippen LogP contribution in [-0.2, 0) is 14.8 Å². The maximum Gasteiger partial charge on any atom is 0.277 e. The first-order valence-corrected chi connectivity index (χ1v) is 11.4. The number of aliphatic imine (C=N–C) groups is 1. The van der Waals surface area contributed by atoms with Gasteiger partial charge in [-0.2, -0.15) is 4.31 Å². The standard InChI is InChI=1S/C24H22N2O4S/c27-24(25-23(19-7-3-1-4-8-19)20-9-5-2-6-10-20)21-11-13-22(14-12-21)31(28,29)26-15-17-30-18-16-26/h1-14H,15-18H2. The summed E-state index contributed by atoms with van der Waals surface area (Å²) in [5, 5.41) is 0. The van der Waals surface area contributed by atoms with Crippen LogP contribution >= 0.6 is 0 Å². The molecule has 0 N–H and O–H groups in total. The topological polar surface area (TPSA) is 76.0 Å². The molecule has 0 saturated carbocycles. The van der Waals surface area contributed by atoms with E-state index < -0.39 is 15.9 Å². The van der Waals surface area contributed by atoms with Gasteiger partial charge in [0.15, 0.2) is 0 Å². The maximum atomic E-state index is 12.9. The molecule has 0 radical (unpaired) electrons. The number of hydrogen-bond donors (Lipinski definition) is 0. The Morgan fingerprint density at radius 2 is 1.26 bits per heavy atom. The van der Waals surface area contributed by atoms with Crippen LogP contribution in [0.2, 0.25) is 0 Å². The first-order valence-electron chi connectivity index (χ1n) is 9.97. The number of amides is 1.